The number of rotatable bonds is 7. The van der Waals surface area contributed by atoms with Gasteiger partial charge in [-0.25, -0.2) is 0 Å². The molecule has 1 amide bonds. The Balaban J connectivity index is 2.47. The summed E-state index contributed by atoms with van der Waals surface area (Å²) in [6.07, 6.45) is 0.952. The van der Waals surface area contributed by atoms with Crippen LogP contribution < -0.4 is 10.6 Å². The molecule has 0 heterocycles. The second-order valence-electron chi connectivity index (χ2n) is 5.09. The molecule has 0 spiro atoms. The Morgan fingerprint density at radius 1 is 1.37 bits per heavy atom. The lowest BCUT2D eigenvalue weighted by molar-refractivity contribution is -0.120. The molecule has 1 aromatic rings. The van der Waals surface area contributed by atoms with E-state index in [-0.39, 0.29) is 11.9 Å². The molecule has 0 saturated heterocycles. The summed E-state index contributed by atoms with van der Waals surface area (Å²) in [7, 11) is 0. The summed E-state index contributed by atoms with van der Waals surface area (Å²) >= 11 is 3.47. The Bertz CT molecular complexity index is 407. The number of carbonyl (C=O) groups excluding carboxylic acids is 1. The van der Waals surface area contributed by atoms with E-state index in [1.165, 1.54) is 5.56 Å². The van der Waals surface area contributed by atoms with Gasteiger partial charge in [0, 0.05) is 17.1 Å². The van der Waals surface area contributed by atoms with E-state index in [0.29, 0.717) is 12.5 Å². The molecular weight excluding hydrogens is 304 g/mol. The third-order valence-corrected chi connectivity index (χ3v) is 3.37. The first-order valence-corrected chi connectivity index (χ1v) is 7.57. The van der Waals surface area contributed by atoms with Crippen molar-refractivity contribution in [2.75, 3.05) is 13.1 Å². The van der Waals surface area contributed by atoms with E-state index >= 15 is 0 Å². The highest BCUT2D eigenvalue weighted by Crippen LogP contribution is 2.20. The van der Waals surface area contributed by atoms with Gasteiger partial charge in [-0.1, -0.05) is 48.8 Å². The molecule has 0 saturated carbocycles. The summed E-state index contributed by atoms with van der Waals surface area (Å²) in [5, 5.41) is 6.22. The van der Waals surface area contributed by atoms with Crippen molar-refractivity contribution in [3.8, 4) is 0 Å². The maximum Gasteiger partial charge on any atom is 0.233 e. The minimum Gasteiger partial charge on any atom is -0.355 e. The lowest BCUT2D eigenvalue weighted by atomic mass is 10.0. The summed E-state index contributed by atoms with van der Waals surface area (Å²) in [4.78, 5) is 11.7. The van der Waals surface area contributed by atoms with Crippen LogP contribution in [0.2, 0.25) is 0 Å². The Labute approximate surface area is 124 Å². The molecular formula is C15H23BrN2O. The summed E-state index contributed by atoms with van der Waals surface area (Å²) < 4.78 is 1.06. The van der Waals surface area contributed by atoms with Crippen molar-refractivity contribution in [2.45, 2.75) is 33.2 Å². The zero-order chi connectivity index (χ0) is 14.3. The van der Waals surface area contributed by atoms with Gasteiger partial charge in [0.1, 0.15) is 0 Å². The predicted octanol–water partition coefficient (Wildman–Crippen LogP) is 3.26. The molecule has 1 unspecified atom stereocenters. The van der Waals surface area contributed by atoms with Crippen LogP contribution >= 0.6 is 15.9 Å². The number of carbonyl (C=O) groups is 1. The van der Waals surface area contributed by atoms with Crippen LogP contribution in [0.15, 0.2) is 28.7 Å². The van der Waals surface area contributed by atoms with Gasteiger partial charge in [-0.3, -0.25) is 4.79 Å². The van der Waals surface area contributed by atoms with Crippen LogP contribution in [0.5, 0.6) is 0 Å². The minimum atomic E-state index is 0.0575. The van der Waals surface area contributed by atoms with E-state index in [0.717, 1.165) is 17.4 Å². The average Bonchev–Trinajstić information content (AvgIpc) is 2.37. The van der Waals surface area contributed by atoms with Crippen LogP contribution in [-0.2, 0) is 4.79 Å². The average molecular weight is 327 g/mol. The van der Waals surface area contributed by atoms with Crippen molar-refractivity contribution in [3.05, 3.63) is 34.3 Å². The normalized spacial score (nSPS) is 12.5. The molecule has 0 aliphatic heterocycles. The number of halogens is 1. The van der Waals surface area contributed by atoms with Gasteiger partial charge in [0.25, 0.3) is 0 Å². The van der Waals surface area contributed by atoms with E-state index in [9.17, 15) is 4.79 Å². The maximum absolute atomic E-state index is 11.7. The molecule has 19 heavy (non-hydrogen) atoms. The topological polar surface area (TPSA) is 41.1 Å². The molecule has 1 atom stereocenters. The van der Waals surface area contributed by atoms with Crippen molar-refractivity contribution < 1.29 is 4.79 Å². The molecule has 0 fully saturated rings. The highest BCUT2D eigenvalue weighted by Gasteiger charge is 2.11. The first-order chi connectivity index (χ1) is 9.02. The zero-order valence-corrected chi connectivity index (χ0v) is 13.5. The zero-order valence-electron chi connectivity index (χ0n) is 11.9. The van der Waals surface area contributed by atoms with Crippen LogP contribution in [0.25, 0.3) is 0 Å². The fourth-order valence-electron chi connectivity index (χ4n) is 1.82. The van der Waals surface area contributed by atoms with Gasteiger partial charge in [0.2, 0.25) is 5.91 Å². The van der Waals surface area contributed by atoms with Gasteiger partial charge in [-0.15, -0.1) is 0 Å². The van der Waals surface area contributed by atoms with Crippen LogP contribution in [-0.4, -0.2) is 19.0 Å². The van der Waals surface area contributed by atoms with Crippen molar-refractivity contribution in [2.24, 2.45) is 5.92 Å². The summed E-state index contributed by atoms with van der Waals surface area (Å²) in [5.74, 6) is 0.540. The summed E-state index contributed by atoms with van der Waals surface area (Å²) in [5.41, 5.74) is 1.20. The van der Waals surface area contributed by atoms with Crippen LogP contribution in [0.1, 0.15) is 38.8 Å². The second kappa shape index (κ2) is 8.33. The fraction of sp³-hybridized carbons (Fsp3) is 0.533. The molecule has 0 aromatic heterocycles. The lowest BCUT2D eigenvalue weighted by Gasteiger charge is -2.18. The monoisotopic (exact) mass is 326 g/mol. The van der Waals surface area contributed by atoms with Gasteiger partial charge >= 0.3 is 0 Å². The van der Waals surface area contributed by atoms with Crippen molar-refractivity contribution in [3.63, 3.8) is 0 Å². The van der Waals surface area contributed by atoms with Gasteiger partial charge in [-0.05, 0) is 30.0 Å². The number of hydrogen-bond acceptors (Lipinski definition) is 2. The molecule has 1 aromatic carbocycles. The molecule has 0 radical (unpaired) electrons. The van der Waals surface area contributed by atoms with E-state index in [1.807, 2.05) is 12.1 Å². The standard InChI is InChI=1S/C15H23BrN2O/c1-4-14(12-6-5-7-13(16)8-12)17-10-15(19)18-9-11(2)3/h5-8,11,14,17H,4,9-10H2,1-3H3,(H,18,19). The Morgan fingerprint density at radius 2 is 2.11 bits per heavy atom. The van der Waals surface area contributed by atoms with Crippen molar-refractivity contribution in [1.82, 2.24) is 10.6 Å². The Hall–Kier alpha value is -0.870. The quantitative estimate of drug-likeness (QED) is 0.807. The molecule has 4 heteroatoms. The second-order valence-corrected chi connectivity index (χ2v) is 6.01. The smallest absolute Gasteiger partial charge is 0.233 e. The van der Waals surface area contributed by atoms with Gasteiger partial charge in [0.05, 0.1) is 6.54 Å². The van der Waals surface area contributed by atoms with E-state index in [1.54, 1.807) is 0 Å². The number of amides is 1. The first-order valence-electron chi connectivity index (χ1n) is 6.78. The van der Waals surface area contributed by atoms with Crippen LogP contribution in [0, 0.1) is 5.92 Å². The highest BCUT2D eigenvalue weighted by atomic mass is 79.9. The number of hydrogen-bond donors (Lipinski definition) is 2. The molecule has 106 valence electrons. The van der Waals surface area contributed by atoms with E-state index in [4.69, 9.17) is 0 Å². The van der Waals surface area contributed by atoms with Crippen molar-refractivity contribution in [1.29, 1.82) is 0 Å². The van der Waals surface area contributed by atoms with Gasteiger partial charge in [-0.2, -0.15) is 0 Å². The third kappa shape index (κ3) is 6.21. The molecule has 1 rings (SSSR count). The first kappa shape index (κ1) is 16.2. The third-order valence-electron chi connectivity index (χ3n) is 2.88. The van der Waals surface area contributed by atoms with E-state index in [2.05, 4.69) is 59.5 Å². The van der Waals surface area contributed by atoms with Gasteiger partial charge in [0.15, 0.2) is 0 Å². The Kier molecular flexibility index (Phi) is 7.10. The van der Waals surface area contributed by atoms with Crippen LogP contribution in [0.4, 0.5) is 0 Å². The van der Waals surface area contributed by atoms with Gasteiger partial charge < -0.3 is 10.6 Å². The largest absolute Gasteiger partial charge is 0.355 e. The maximum atomic E-state index is 11.7. The molecule has 0 aliphatic rings. The molecule has 3 nitrogen and oxygen atoms in total. The fourth-order valence-corrected chi connectivity index (χ4v) is 2.23. The minimum absolute atomic E-state index is 0.0575. The summed E-state index contributed by atoms with van der Waals surface area (Å²) in [6, 6.07) is 8.40. The summed E-state index contributed by atoms with van der Waals surface area (Å²) in [6.45, 7) is 7.38. The Morgan fingerprint density at radius 3 is 2.68 bits per heavy atom. The SMILES string of the molecule is CCC(NCC(=O)NCC(C)C)c1cccc(Br)c1. The molecule has 0 aliphatic carbocycles. The van der Waals surface area contributed by atoms with Crippen molar-refractivity contribution >= 4 is 21.8 Å². The number of benzene rings is 1. The van der Waals surface area contributed by atoms with Crippen LogP contribution in [0.3, 0.4) is 0 Å². The lowest BCUT2D eigenvalue weighted by Crippen LogP contribution is -2.37. The molecule has 0 bridgehead atoms. The number of nitrogens with one attached hydrogen (secondary N) is 2. The predicted molar refractivity (Wildman–Crippen MR) is 83.0 cm³/mol. The molecule has 2 N–H and O–H groups in total. The van der Waals surface area contributed by atoms with E-state index < -0.39 is 0 Å². The highest BCUT2D eigenvalue weighted by molar-refractivity contribution is 9.10.